The van der Waals surface area contributed by atoms with Gasteiger partial charge in [0.2, 0.25) is 0 Å². The Balaban J connectivity index is 1.80. The molecule has 0 heterocycles. The number of esters is 1. The van der Waals surface area contributed by atoms with Gasteiger partial charge in [-0.05, 0) is 37.3 Å². The minimum absolute atomic E-state index is 0.185. The average Bonchev–Trinajstić information content (AvgIpc) is 2.61. The molecule has 0 bridgehead atoms. The number of urea groups is 1. The second-order valence-electron chi connectivity index (χ2n) is 5.23. The fourth-order valence-corrected chi connectivity index (χ4v) is 2.21. The van der Waals surface area contributed by atoms with Crippen LogP contribution in [0.4, 0.5) is 10.5 Å². The number of methoxy groups -OCH3 is 1. The van der Waals surface area contributed by atoms with Crippen LogP contribution in [0.15, 0.2) is 42.5 Å². The summed E-state index contributed by atoms with van der Waals surface area (Å²) < 4.78 is 10.2. The fourth-order valence-electron chi connectivity index (χ4n) is 2.01. The van der Waals surface area contributed by atoms with Gasteiger partial charge in [-0.3, -0.25) is 0 Å². The number of amides is 2. The lowest BCUT2D eigenvalue weighted by molar-refractivity contribution is 0.0601. The molecule has 2 amide bonds. The summed E-state index contributed by atoms with van der Waals surface area (Å²) in [6, 6.07) is 11.8. The van der Waals surface area contributed by atoms with Crippen molar-refractivity contribution in [3.8, 4) is 5.75 Å². The van der Waals surface area contributed by atoms with Gasteiger partial charge in [0.05, 0.1) is 24.2 Å². The molecular formula is C18H19ClN2O4. The highest BCUT2D eigenvalue weighted by Crippen LogP contribution is 2.21. The van der Waals surface area contributed by atoms with E-state index in [1.54, 1.807) is 6.07 Å². The van der Waals surface area contributed by atoms with E-state index in [-0.39, 0.29) is 10.6 Å². The van der Waals surface area contributed by atoms with Crippen LogP contribution in [-0.4, -0.2) is 32.3 Å². The van der Waals surface area contributed by atoms with Gasteiger partial charge in [0, 0.05) is 5.69 Å². The topological polar surface area (TPSA) is 76.7 Å². The van der Waals surface area contributed by atoms with E-state index in [9.17, 15) is 9.59 Å². The first-order valence-electron chi connectivity index (χ1n) is 7.62. The van der Waals surface area contributed by atoms with Crippen molar-refractivity contribution < 1.29 is 19.1 Å². The number of benzene rings is 2. The molecule has 0 aliphatic rings. The Morgan fingerprint density at radius 3 is 2.52 bits per heavy atom. The molecule has 0 saturated heterocycles. The number of nitrogens with one attached hydrogen (secondary N) is 2. The quantitative estimate of drug-likeness (QED) is 0.607. The maximum absolute atomic E-state index is 11.9. The zero-order valence-electron chi connectivity index (χ0n) is 14.0. The summed E-state index contributed by atoms with van der Waals surface area (Å²) in [5, 5.41) is 5.54. The molecule has 0 saturated carbocycles. The van der Waals surface area contributed by atoms with Gasteiger partial charge in [0.25, 0.3) is 0 Å². The van der Waals surface area contributed by atoms with E-state index in [1.165, 1.54) is 19.2 Å². The van der Waals surface area contributed by atoms with Crippen LogP contribution >= 0.6 is 11.6 Å². The Labute approximate surface area is 151 Å². The number of halogens is 1. The highest BCUT2D eigenvalue weighted by molar-refractivity contribution is 6.33. The molecule has 0 aromatic heterocycles. The third-order valence-corrected chi connectivity index (χ3v) is 3.64. The highest BCUT2D eigenvalue weighted by Gasteiger charge is 2.12. The van der Waals surface area contributed by atoms with Crippen molar-refractivity contribution >= 4 is 29.3 Å². The van der Waals surface area contributed by atoms with Crippen molar-refractivity contribution in [3.05, 3.63) is 58.6 Å². The Hall–Kier alpha value is -2.73. The van der Waals surface area contributed by atoms with Crippen LogP contribution in [0, 0.1) is 6.92 Å². The van der Waals surface area contributed by atoms with E-state index < -0.39 is 12.0 Å². The van der Waals surface area contributed by atoms with Gasteiger partial charge in [-0.25, -0.2) is 9.59 Å². The van der Waals surface area contributed by atoms with Crippen LogP contribution in [0.2, 0.25) is 5.02 Å². The smallest absolute Gasteiger partial charge is 0.339 e. The van der Waals surface area contributed by atoms with Gasteiger partial charge in [-0.15, -0.1) is 0 Å². The molecule has 6 nitrogen and oxygen atoms in total. The molecule has 2 aromatic rings. The maximum atomic E-state index is 11.9. The van der Waals surface area contributed by atoms with Crippen molar-refractivity contribution in [1.29, 1.82) is 0 Å². The van der Waals surface area contributed by atoms with Crippen LogP contribution in [0.3, 0.4) is 0 Å². The average molecular weight is 363 g/mol. The lowest BCUT2D eigenvalue weighted by atomic mass is 10.2. The lowest BCUT2D eigenvalue weighted by Crippen LogP contribution is -2.32. The predicted molar refractivity (Wildman–Crippen MR) is 96.5 cm³/mol. The summed E-state index contributed by atoms with van der Waals surface area (Å²) in [4.78, 5) is 23.5. The summed E-state index contributed by atoms with van der Waals surface area (Å²) in [7, 11) is 1.26. The molecule has 25 heavy (non-hydrogen) atoms. The summed E-state index contributed by atoms with van der Waals surface area (Å²) in [6.07, 6.45) is 0. The number of anilines is 1. The first-order valence-corrected chi connectivity index (χ1v) is 7.99. The number of aryl methyl sites for hydroxylation is 1. The fraction of sp³-hybridized carbons (Fsp3) is 0.222. The Bertz CT molecular complexity index is 747. The van der Waals surface area contributed by atoms with Gasteiger partial charge in [0.15, 0.2) is 0 Å². The summed E-state index contributed by atoms with van der Waals surface area (Å²) in [6.45, 7) is 2.67. The zero-order valence-corrected chi connectivity index (χ0v) is 14.7. The highest BCUT2D eigenvalue weighted by atomic mass is 35.5. The van der Waals surface area contributed by atoms with E-state index >= 15 is 0 Å². The van der Waals surface area contributed by atoms with Gasteiger partial charge >= 0.3 is 12.0 Å². The van der Waals surface area contributed by atoms with Crippen LogP contribution in [-0.2, 0) is 4.74 Å². The van der Waals surface area contributed by atoms with Gasteiger partial charge in [0.1, 0.15) is 12.4 Å². The molecule has 0 spiro atoms. The van der Waals surface area contributed by atoms with Crippen LogP contribution in [0.1, 0.15) is 15.9 Å². The summed E-state index contributed by atoms with van der Waals surface area (Å²) in [5.74, 6) is 0.175. The largest absolute Gasteiger partial charge is 0.492 e. The molecule has 2 N–H and O–H groups in total. The molecule has 2 rings (SSSR count). The summed E-state index contributed by atoms with van der Waals surface area (Å²) in [5.41, 5.74) is 1.77. The molecule has 0 fully saturated rings. The molecule has 0 radical (unpaired) electrons. The van der Waals surface area contributed by atoms with Crippen molar-refractivity contribution in [3.63, 3.8) is 0 Å². The minimum Gasteiger partial charge on any atom is -0.492 e. The number of hydrogen-bond donors (Lipinski definition) is 2. The lowest BCUT2D eigenvalue weighted by Gasteiger charge is -2.10. The van der Waals surface area contributed by atoms with Gasteiger partial charge in [-0.1, -0.05) is 29.3 Å². The second-order valence-corrected chi connectivity index (χ2v) is 5.64. The first kappa shape index (κ1) is 18.6. The van der Waals surface area contributed by atoms with Gasteiger partial charge < -0.3 is 20.1 Å². The van der Waals surface area contributed by atoms with E-state index in [0.717, 1.165) is 11.3 Å². The Kier molecular flexibility index (Phi) is 6.65. The summed E-state index contributed by atoms with van der Waals surface area (Å²) >= 11 is 5.93. The normalized spacial score (nSPS) is 10.0. The van der Waals surface area contributed by atoms with Gasteiger partial charge in [-0.2, -0.15) is 0 Å². The van der Waals surface area contributed by atoms with E-state index in [2.05, 4.69) is 15.4 Å². The molecule has 7 heteroatoms. The van der Waals surface area contributed by atoms with Crippen LogP contribution < -0.4 is 15.4 Å². The zero-order chi connectivity index (χ0) is 18.2. The van der Waals surface area contributed by atoms with Crippen molar-refractivity contribution in [2.24, 2.45) is 0 Å². The minimum atomic E-state index is -0.569. The molecule has 0 atom stereocenters. The Morgan fingerprint density at radius 2 is 1.84 bits per heavy atom. The van der Waals surface area contributed by atoms with E-state index in [1.807, 2.05) is 31.2 Å². The SMILES string of the molecule is COC(=O)c1cc(NC(=O)NCCOc2ccc(C)cc2)ccc1Cl. The monoisotopic (exact) mass is 362 g/mol. The third-order valence-electron chi connectivity index (χ3n) is 3.31. The number of carbonyl (C=O) groups is 2. The standard InChI is InChI=1S/C18H19ClN2O4/c1-12-3-6-14(7-4-12)25-10-9-20-18(23)21-13-5-8-16(19)15(11-13)17(22)24-2/h3-8,11H,9-10H2,1-2H3,(H2,20,21,23). The van der Waals surface area contributed by atoms with E-state index in [4.69, 9.17) is 16.3 Å². The predicted octanol–water partition coefficient (Wildman–Crippen LogP) is 3.64. The van der Waals surface area contributed by atoms with Crippen molar-refractivity contribution in [2.45, 2.75) is 6.92 Å². The number of rotatable bonds is 6. The number of ether oxygens (including phenoxy) is 2. The molecular weight excluding hydrogens is 344 g/mol. The van der Waals surface area contributed by atoms with Crippen LogP contribution in [0.25, 0.3) is 0 Å². The van der Waals surface area contributed by atoms with E-state index in [0.29, 0.717) is 18.8 Å². The second kappa shape index (κ2) is 8.94. The number of hydrogen-bond acceptors (Lipinski definition) is 4. The molecule has 2 aromatic carbocycles. The molecule has 0 aliphatic heterocycles. The maximum Gasteiger partial charge on any atom is 0.339 e. The van der Waals surface area contributed by atoms with Crippen molar-refractivity contribution in [1.82, 2.24) is 5.32 Å². The van der Waals surface area contributed by atoms with Crippen molar-refractivity contribution in [2.75, 3.05) is 25.6 Å². The molecule has 0 aliphatic carbocycles. The third kappa shape index (κ3) is 5.69. The Morgan fingerprint density at radius 1 is 1.12 bits per heavy atom. The molecule has 132 valence electrons. The molecule has 0 unspecified atom stereocenters. The number of carbonyl (C=O) groups excluding carboxylic acids is 2. The first-order chi connectivity index (χ1) is 12.0. The van der Waals surface area contributed by atoms with Crippen LogP contribution in [0.5, 0.6) is 5.75 Å².